The first-order valence-electron chi connectivity index (χ1n) is 3.62. The number of halogens is 1. The van der Waals surface area contributed by atoms with Crippen molar-refractivity contribution in [2.75, 3.05) is 32.8 Å². The van der Waals surface area contributed by atoms with E-state index in [1.54, 1.807) is 0 Å². The Kier molecular flexibility index (Phi) is 6.00. The molecule has 1 aliphatic rings. The second kappa shape index (κ2) is 6.19. The van der Waals surface area contributed by atoms with Crippen LogP contribution in [0.3, 0.4) is 0 Å². The van der Waals surface area contributed by atoms with Crippen molar-refractivity contribution in [1.82, 2.24) is 10.3 Å². The highest BCUT2D eigenvalue weighted by atomic mass is 35.5. The van der Waals surface area contributed by atoms with E-state index in [9.17, 15) is 4.79 Å². The van der Waals surface area contributed by atoms with Crippen LogP contribution in [-0.4, -0.2) is 43.7 Å². The number of amides is 1. The van der Waals surface area contributed by atoms with Crippen LogP contribution < -0.4 is 11.3 Å². The van der Waals surface area contributed by atoms with Crippen LogP contribution in [-0.2, 0) is 9.53 Å². The van der Waals surface area contributed by atoms with E-state index in [0.29, 0.717) is 19.8 Å². The Morgan fingerprint density at radius 1 is 1.50 bits per heavy atom. The summed E-state index contributed by atoms with van der Waals surface area (Å²) in [5.41, 5.74) is 2.09. The molecule has 0 bridgehead atoms. The summed E-state index contributed by atoms with van der Waals surface area (Å²) in [5, 5.41) is 0. The largest absolute Gasteiger partial charge is 0.379 e. The van der Waals surface area contributed by atoms with Gasteiger partial charge in [-0.1, -0.05) is 0 Å². The highest BCUT2D eigenvalue weighted by molar-refractivity contribution is 5.85. The van der Waals surface area contributed by atoms with Gasteiger partial charge in [-0.2, -0.15) is 0 Å². The molecule has 1 saturated heterocycles. The maximum atomic E-state index is 10.8. The van der Waals surface area contributed by atoms with Crippen LogP contribution in [0, 0.1) is 0 Å². The lowest BCUT2D eigenvalue weighted by molar-refractivity contribution is -0.123. The van der Waals surface area contributed by atoms with Crippen LogP contribution >= 0.6 is 12.4 Å². The fraction of sp³-hybridized carbons (Fsp3) is 0.833. The molecule has 1 rings (SSSR count). The van der Waals surface area contributed by atoms with E-state index < -0.39 is 0 Å². The summed E-state index contributed by atoms with van der Waals surface area (Å²) in [7, 11) is 0. The molecule has 0 spiro atoms. The molecule has 0 unspecified atom stereocenters. The molecular weight excluding hydrogens is 182 g/mol. The fourth-order valence-electron chi connectivity index (χ4n) is 1.01. The van der Waals surface area contributed by atoms with Crippen molar-refractivity contribution in [2.24, 2.45) is 5.84 Å². The average Bonchev–Trinajstić information content (AvgIpc) is 2.06. The number of nitrogens with zero attached hydrogens (tertiary/aromatic N) is 1. The first-order valence-corrected chi connectivity index (χ1v) is 3.62. The third-order valence-corrected chi connectivity index (χ3v) is 1.63. The number of hydrogen-bond acceptors (Lipinski definition) is 4. The van der Waals surface area contributed by atoms with E-state index in [1.807, 2.05) is 4.90 Å². The van der Waals surface area contributed by atoms with Gasteiger partial charge in [0.1, 0.15) is 0 Å². The summed E-state index contributed by atoms with van der Waals surface area (Å²) in [6, 6.07) is 0. The number of morpholine rings is 1. The molecule has 6 heteroatoms. The van der Waals surface area contributed by atoms with Gasteiger partial charge >= 0.3 is 0 Å². The number of carbonyl (C=O) groups excluding carboxylic acids is 1. The molecule has 0 aromatic carbocycles. The van der Waals surface area contributed by atoms with E-state index in [4.69, 9.17) is 10.6 Å². The Morgan fingerprint density at radius 3 is 2.58 bits per heavy atom. The Hall–Kier alpha value is -0.360. The van der Waals surface area contributed by atoms with Crippen molar-refractivity contribution in [1.29, 1.82) is 0 Å². The maximum absolute atomic E-state index is 10.8. The summed E-state index contributed by atoms with van der Waals surface area (Å²) >= 11 is 0. The second-order valence-corrected chi connectivity index (χ2v) is 2.46. The third kappa shape index (κ3) is 3.87. The first-order chi connectivity index (χ1) is 5.33. The van der Waals surface area contributed by atoms with Gasteiger partial charge in [0.25, 0.3) is 0 Å². The lowest BCUT2D eigenvalue weighted by Gasteiger charge is -2.25. The first kappa shape index (κ1) is 11.6. The van der Waals surface area contributed by atoms with Gasteiger partial charge in [-0.15, -0.1) is 12.4 Å². The number of nitrogens with two attached hydrogens (primary N) is 1. The topological polar surface area (TPSA) is 67.6 Å². The zero-order valence-corrected chi connectivity index (χ0v) is 7.60. The number of rotatable bonds is 2. The van der Waals surface area contributed by atoms with Crippen molar-refractivity contribution in [2.45, 2.75) is 0 Å². The standard InChI is InChI=1S/C6H13N3O2.ClH/c7-8-6(10)5-9-1-3-11-4-2-9;/h1-5,7H2,(H,8,10);1H. The van der Waals surface area contributed by atoms with Crippen molar-refractivity contribution in [3.05, 3.63) is 0 Å². The number of carbonyl (C=O) groups is 1. The highest BCUT2D eigenvalue weighted by Crippen LogP contribution is 1.94. The van der Waals surface area contributed by atoms with Crippen LogP contribution in [0.15, 0.2) is 0 Å². The van der Waals surface area contributed by atoms with Gasteiger partial charge in [-0.25, -0.2) is 5.84 Å². The number of hydrogen-bond donors (Lipinski definition) is 2. The van der Waals surface area contributed by atoms with Gasteiger partial charge < -0.3 is 4.74 Å². The van der Waals surface area contributed by atoms with E-state index in [-0.39, 0.29) is 18.3 Å². The van der Waals surface area contributed by atoms with Crippen LogP contribution in [0.1, 0.15) is 0 Å². The molecule has 3 N–H and O–H groups in total. The summed E-state index contributed by atoms with van der Waals surface area (Å²) in [6.07, 6.45) is 0. The van der Waals surface area contributed by atoms with Crippen molar-refractivity contribution in [3.8, 4) is 0 Å². The van der Waals surface area contributed by atoms with E-state index in [0.717, 1.165) is 13.1 Å². The third-order valence-electron chi connectivity index (χ3n) is 1.63. The fourth-order valence-corrected chi connectivity index (χ4v) is 1.01. The van der Waals surface area contributed by atoms with Gasteiger partial charge in [0.05, 0.1) is 19.8 Å². The van der Waals surface area contributed by atoms with Gasteiger partial charge in [-0.05, 0) is 0 Å². The molecule has 0 saturated carbocycles. The monoisotopic (exact) mass is 195 g/mol. The minimum Gasteiger partial charge on any atom is -0.379 e. The van der Waals surface area contributed by atoms with Crippen LogP contribution in [0.25, 0.3) is 0 Å². The zero-order chi connectivity index (χ0) is 8.10. The molecule has 72 valence electrons. The number of hydrazine groups is 1. The summed E-state index contributed by atoms with van der Waals surface area (Å²) < 4.78 is 5.11. The number of nitrogens with one attached hydrogen (secondary N) is 1. The van der Waals surface area contributed by atoms with Crippen molar-refractivity contribution >= 4 is 18.3 Å². The molecule has 1 aliphatic heterocycles. The minimum absolute atomic E-state index is 0. The predicted molar refractivity (Wildman–Crippen MR) is 46.8 cm³/mol. The lowest BCUT2D eigenvalue weighted by Crippen LogP contribution is -2.44. The minimum atomic E-state index is -0.146. The molecule has 0 aromatic rings. The van der Waals surface area contributed by atoms with Gasteiger partial charge in [0.15, 0.2) is 0 Å². The van der Waals surface area contributed by atoms with Crippen molar-refractivity contribution < 1.29 is 9.53 Å². The number of ether oxygens (including phenoxy) is 1. The van der Waals surface area contributed by atoms with Crippen LogP contribution in [0.5, 0.6) is 0 Å². The van der Waals surface area contributed by atoms with Gasteiger partial charge in [0.2, 0.25) is 5.91 Å². The molecule has 0 radical (unpaired) electrons. The van der Waals surface area contributed by atoms with E-state index in [2.05, 4.69) is 5.43 Å². The average molecular weight is 196 g/mol. The molecule has 0 atom stereocenters. The normalized spacial score (nSPS) is 18.1. The van der Waals surface area contributed by atoms with E-state index in [1.165, 1.54) is 0 Å². The second-order valence-electron chi connectivity index (χ2n) is 2.46. The quantitative estimate of drug-likeness (QED) is 0.328. The molecular formula is C6H14ClN3O2. The Morgan fingerprint density at radius 2 is 2.08 bits per heavy atom. The molecule has 0 aromatic heterocycles. The molecule has 1 heterocycles. The molecule has 0 aliphatic carbocycles. The lowest BCUT2D eigenvalue weighted by atomic mass is 10.4. The molecule has 5 nitrogen and oxygen atoms in total. The molecule has 12 heavy (non-hydrogen) atoms. The molecule has 1 amide bonds. The van der Waals surface area contributed by atoms with Crippen LogP contribution in [0.2, 0.25) is 0 Å². The van der Waals surface area contributed by atoms with E-state index >= 15 is 0 Å². The molecule has 1 fully saturated rings. The Bertz CT molecular complexity index is 139. The predicted octanol–water partition coefficient (Wildman–Crippen LogP) is -1.27. The van der Waals surface area contributed by atoms with Crippen molar-refractivity contribution in [3.63, 3.8) is 0 Å². The summed E-state index contributed by atoms with van der Waals surface area (Å²) in [4.78, 5) is 12.8. The van der Waals surface area contributed by atoms with Gasteiger partial charge in [-0.3, -0.25) is 15.1 Å². The summed E-state index contributed by atoms with van der Waals surface area (Å²) in [5.74, 6) is 4.79. The van der Waals surface area contributed by atoms with Gasteiger partial charge in [0, 0.05) is 13.1 Å². The maximum Gasteiger partial charge on any atom is 0.248 e. The smallest absolute Gasteiger partial charge is 0.248 e. The summed E-state index contributed by atoms with van der Waals surface area (Å²) in [6.45, 7) is 3.41. The highest BCUT2D eigenvalue weighted by Gasteiger charge is 2.12. The van der Waals surface area contributed by atoms with Crippen LogP contribution in [0.4, 0.5) is 0 Å². The SMILES string of the molecule is Cl.NNC(=O)CN1CCOCC1. The Balaban J connectivity index is 0.00000121. The zero-order valence-electron chi connectivity index (χ0n) is 6.78. The Labute approximate surface area is 77.6 Å².